The zero-order valence-corrected chi connectivity index (χ0v) is 20.7. The number of benzene rings is 2. The summed E-state index contributed by atoms with van der Waals surface area (Å²) in [5, 5.41) is 1.83. The Kier molecular flexibility index (Phi) is 7.18. The summed E-state index contributed by atoms with van der Waals surface area (Å²) in [6, 6.07) is 11.7. The van der Waals surface area contributed by atoms with E-state index in [-0.39, 0.29) is 5.91 Å². The van der Waals surface area contributed by atoms with E-state index in [0.717, 1.165) is 33.6 Å². The average molecular weight is 485 g/mol. The minimum absolute atomic E-state index is 0.0374. The van der Waals surface area contributed by atoms with Crippen LogP contribution in [-0.2, 0) is 6.54 Å². The fraction of sp³-hybridized carbons (Fsp3) is 0.292. The van der Waals surface area contributed by atoms with Gasteiger partial charge in [-0.2, -0.15) is 0 Å². The fourth-order valence-electron chi connectivity index (χ4n) is 3.45. The number of aromatic nitrogens is 3. The quantitative estimate of drug-likeness (QED) is 0.261. The Bertz CT molecular complexity index is 1220. The van der Waals surface area contributed by atoms with Gasteiger partial charge in [0, 0.05) is 46.2 Å². The second-order valence-corrected chi connectivity index (χ2v) is 10.9. The summed E-state index contributed by atoms with van der Waals surface area (Å²) in [6.45, 7) is 7.60. The van der Waals surface area contributed by atoms with Gasteiger partial charge >= 0.3 is 0 Å². The van der Waals surface area contributed by atoms with Gasteiger partial charge in [-0.1, -0.05) is 42.9 Å². The summed E-state index contributed by atoms with van der Waals surface area (Å²) in [7, 11) is 0. The van der Waals surface area contributed by atoms with E-state index in [1.165, 1.54) is 11.3 Å². The van der Waals surface area contributed by atoms with Crippen LogP contribution in [0.2, 0.25) is 5.02 Å². The number of amides is 1. The number of fused-ring (bicyclic) bond motifs is 1. The molecule has 0 aliphatic rings. The van der Waals surface area contributed by atoms with Gasteiger partial charge in [0.2, 0.25) is 0 Å². The first-order valence-corrected chi connectivity index (χ1v) is 12.6. The summed E-state index contributed by atoms with van der Waals surface area (Å²) in [5.74, 6) is -0.0374. The number of thiazole rings is 1. The van der Waals surface area contributed by atoms with Gasteiger partial charge in [-0.25, -0.2) is 9.97 Å². The van der Waals surface area contributed by atoms with Crippen molar-refractivity contribution in [1.29, 1.82) is 0 Å². The van der Waals surface area contributed by atoms with Gasteiger partial charge in [-0.05, 0) is 49.2 Å². The van der Waals surface area contributed by atoms with Crippen LogP contribution in [0.3, 0.4) is 0 Å². The highest BCUT2D eigenvalue weighted by Crippen LogP contribution is 2.34. The minimum atomic E-state index is -0.0374. The van der Waals surface area contributed by atoms with Crippen molar-refractivity contribution in [2.24, 2.45) is 0 Å². The number of anilines is 1. The Balaban J connectivity index is 1.65. The van der Waals surface area contributed by atoms with Gasteiger partial charge in [-0.3, -0.25) is 9.69 Å². The van der Waals surface area contributed by atoms with E-state index < -0.39 is 0 Å². The van der Waals surface area contributed by atoms with Gasteiger partial charge in [0.25, 0.3) is 5.91 Å². The monoisotopic (exact) mass is 484 g/mol. The lowest BCUT2D eigenvalue weighted by Crippen LogP contribution is -2.32. The van der Waals surface area contributed by atoms with E-state index in [1.807, 2.05) is 54.1 Å². The molecule has 166 valence electrons. The number of thioether (sulfide) groups is 1. The zero-order valence-electron chi connectivity index (χ0n) is 18.3. The molecule has 0 atom stereocenters. The highest BCUT2D eigenvalue weighted by molar-refractivity contribution is 7.99. The summed E-state index contributed by atoms with van der Waals surface area (Å²) in [6.07, 6.45) is 6.28. The van der Waals surface area contributed by atoms with E-state index in [1.54, 1.807) is 29.2 Å². The summed E-state index contributed by atoms with van der Waals surface area (Å²) in [4.78, 5) is 25.5. The highest BCUT2D eigenvalue weighted by atomic mass is 35.5. The first-order valence-electron chi connectivity index (χ1n) is 10.5. The highest BCUT2D eigenvalue weighted by Gasteiger charge is 2.22. The van der Waals surface area contributed by atoms with E-state index in [2.05, 4.69) is 18.8 Å². The Morgan fingerprint density at radius 1 is 1.28 bits per heavy atom. The molecule has 2 aromatic carbocycles. The van der Waals surface area contributed by atoms with Crippen molar-refractivity contribution >= 4 is 56.0 Å². The van der Waals surface area contributed by atoms with Crippen LogP contribution in [0.25, 0.3) is 10.2 Å². The van der Waals surface area contributed by atoms with Gasteiger partial charge in [0.05, 0.1) is 16.5 Å². The standard InChI is InChI=1S/C24H25ClN4OS2/c1-16(2)31-19-7-4-6-18(14-19)23(30)29(12-5-11-28-13-10-26-15-28)24-27-22-17(3)20(25)8-9-21(22)32-24/h4,6-10,13-16H,5,11-12H2,1-3H3. The van der Waals surface area contributed by atoms with Crippen molar-refractivity contribution in [2.45, 2.75) is 43.9 Å². The fourth-order valence-corrected chi connectivity index (χ4v) is 5.55. The van der Waals surface area contributed by atoms with E-state index >= 15 is 0 Å². The molecule has 0 spiro atoms. The summed E-state index contributed by atoms with van der Waals surface area (Å²) in [5.41, 5.74) is 2.47. The van der Waals surface area contributed by atoms with Crippen LogP contribution in [0.15, 0.2) is 60.0 Å². The Morgan fingerprint density at radius 3 is 2.88 bits per heavy atom. The molecule has 2 aromatic heterocycles. The van der Waals surface area contributed by atoms with Crippen LogP contribution in [0, 0.1) is 6.92 Å². The minimum Gasteiger partial charge on any atom is -0.337 e. The molecule has 0 bridgehead atoms. The molecular weight excluding hydrogens is 460 g/mol. The normalized spacial score (nSPS) is 11.4. The number of carbonyl (C=O) groups excluding carboxylic acids is 1. The number of rotatable bonds is 8. The molecule has 0 aliphatic heterocycles. The number of halogens is 1. The van der Waals surface area contributed by atoms with Gasteiger partial charge < -0.3 is 4.57 Å². The van der Waals surface area contributed by atoms with Crippen LogP contribution in [0.4, 0.5) is 5.13 Å². The van der Waals surface area contributed by atoms with Gasteiger partial charge in [0.1, 0.15) is 0 Å². The molecule has 2 heterocycles. The predicted molar refractivity (Wildman–Crippen MR) is 135 cm³/mol. The second-order valence-electron chi connectivity index (χ2n) is 7.82. The maximum atomic E-state index is 13.6. The topological polar surface area (TPSA) is 51.0 Å². The molecule has 4 aromatic rings. The van der Waals surface area contributed by atoms with Gasteiger partial charge in [-0.15, -0.1) is 11.8 Å². The van der Waals surface area contributed by atoms with Crippen LogP contribution < -0.4 is 4.90 Å². The number of hydrogen-bond acceptors (Lipinski definition) is 5. The molecule has 0 N–H and O–H groups in total. The van der Waals surface area contributed by atoms with Crippen molar-refractivity contribution in [2.75, 3.05) is 11.4 Å². The maximum absolute atomic E-state index is 13.6. The third kappa shape index (κ3) is 5.17. The molecular formula is C24H25ClN4OS2. The molecule has 0 aliphatic carbocycles. The number of imidazole rings is 1. The lowest BCUT2D eigenvalue weighted by Gasteiger charge is -2.20. The summed E-state index contributed by atoms with van der Waals surface area (Å²) < 4.78 is 3.04. The third-order valence-electron chi connectivity index (χ3n) is 5.02. The number of aryl methyl sites for hydroxylation is 2. The zero-order chi connectivity index (χ0) is 22.7. The van der Waals surface area contributed by atoms with Crippen molar-refractivity contribution < 1.29 is 4.79 Å². The molecule has 4 rings (SSSR count). The predicted octanol–water partition coefficient (Wildman–Crippen LogP) is 6.69. The maximum Gasteiger partial charge on any atom is 0.260 e. The molecule has 1 amide bonds. The van der Waals surface area contributed by atoms with Crippen molar-refractivity contribution in [3.8, 4) is 0 Å². The Hall–Kier alpha value is -2.35. The van der Waals surface area contributed by atoms with E-state index in [9.17, 15) is 4.79 Å². The molecule has 5 nitrogen and oxygen atoms in total. The second kappa shape index (κ2) is 10.1. The van der Waals surface area contributed by atoms with Gasteiger partial charge in [0.15, 0.2) is 5.13 Å². The number of hydrogen-bond donors (Lipinski definition) is 0. The molecule has 0 unspecified atom stereocenters. The Morgan fingerprint density at radius 2 is 2.12 bits per heavy atom. The lowest BCUT2D eigenvalue weighted by atomic mass is 10.2. The van der Waals surface area contributed by atoms with Crippen LogP contribution in [0.5, 0.6) is 0 Å². The number of carbonyl (C=O) groups is 1. The summed E-state index contributed by atoms with van der Waals surface area (Å²) >= 11 is 9.58. The van der Waals surface area contributed by atoms with Crippen molar-refractivity contribution in [1.82, 2.24) is 14.5 Å². The average Bonchev–Trinajstić information content (AvgIpc) is 3.43. The smallest absolute Gasteiger partial charge is 0.260 e. The number of nitrogens with zero attached hydrogens (tertiary/aromatic N) is 4. The molecule has 0 radical (unpaired) electrons. The van der Waals surface area contributed by atoms with Crippen LogP contribution >= 0.6 is 34.7 Å². The Labute approximate surface area is 201 Å². The third-order valence-corrected chi connectivity index (χ3v) is 7.47. The van der Waals surface area contributed by atoms with Crippen LogP contribution in [-0.4, -0.2) is 32.2 Å². The van der Waals surface area contributed by atoms with Crippen LogP contribution in [0.1, 0.15) is 36.2 Å². The molecule has 0 saturated heterocycles. The van der Waals surface area contributed by atoms with E-state index in [4.69, 9.17) is 16.6 Å². The lowest BCUT2D eigenvalue weighted by molar-refractivity contribution is 0.0986. The molecule has 0 saturated carbocycles. The van der Waals surface area contributed by atoms with Crippen molar-refractivity contribution in [3.63, 3.8) is 0 Å². The largest absolute Gasteiger partial charge is 0.337 e. The first-order chi connectivity index (χ1) is 15.4. The molecule has 0 fully saturated rings. The first kappa shape index (κ1) is 22.8. The molecule has 8 heteroatoms. The molecule has 32 heavy (non-hydrogen) atoms. The SMILES string of the molecule is Cc1c(Cl)ccc2sc(N(CCCn3ccnc3)C(=O)c3cccc(SC(C)C)c3)nc12. The van der Waals surface area contributed by atoms with E-state index in [0.29, 0.717) is 27.5 Å². The van der Waals surface area contributed by atoms with Crippen molar-refractivity contribution in [3.05, 3.63) is 71.3 Å².